The van der Waals surface area contributed by atoms with E-state index in [1.54, 1.807) is 30.5 Å². The third-order valence-electron chi connectivity index (χ3n) is 3.87. The third-order valence-corrected chi connectivity index (χ3v) is 3.87. The van der Waals surface area contributed by atoms with Crippen LogP contribution in [0.4, 0.5) is 5.82 Å². The van der Waals surface area contributed by atoms with Gasteiger partial charge in [0.1, 0.15) is 23.1 Å². The fourth-order valence-electron chi connectivity index (χ4n) is 2.62. The second kappa shape index (κ2) is 7.15. The van der Waals surface area contributed by atoms with Crippen LogP contribution in [0.5, 0.6) is 0 Å². The molecule has 8 heteroatoms. The van der Waals surface area contributed by atoms with Gasteiger partial charge in [0.15, 0.2) is 0 Å². The Hall–Kier alpha value is -3.18. The van der Waals surface area contributed by atoms with Gasteiger partial charge in [0, 0.05) is 19.3 Å². The molecule has 3 rings (SSSR count). The van der Waals surface area contributed by atoms with Gasteiger partial charge in [-0.15, -0.1) is 0 Å². The lowest BCUT2D eigenvalue weighted by Gasteiger charge is -2.29. The molecule has 0 N–H and O–H groups in total. The van der Waals surface area contributed by atoms with E-state index in [0.717, 1.165) is 0 Å². The van der Waals surface area contributed by atoms with Crippen molar-refractivity contribution in [2.75, 3.05) is 38.3 Å². The van der Waals surface area contributed by atoms with Gasteiger partial charge < -0.3 is 14.4 Å². The standard InChI is InChI=1S/C17H16N4O4/c1-24-17(23)12(11-18)10-13-15(20-6-8-25-9-7-20)19-14-4-2-3-5-21(14)16(13)22/h2-5,10H,6-9H2,1H3. The number of methoxy groups -OCH3 is 1. The molecular weight excluding hydrogens is 324 g/mol. The molecule has 3 heterocycles. The van der Waals surface area contributed by atoms with Gasteiger partial charge in [-0.25, -0.2) is 9.78 Å². The summed E-state index contributed by atoms with van der Waals surface area (Å²) in [5, 5.41) is 9.21. The van der Waals surface area contributed by atoms with E-state index >= 15 is 0 Å². The van der Waals surface area contributed by atoms with Crippen molar-refractivity contribution in [2.24, 2.45) is 0 Å². The van der Waals surface area contributed by atoms with E-state index in [1.165, 1.54) is 17.6 Å². The zero-order valence-electron chi connectivity index (χ0n) is 13.6. The summed E-state index contributed by atoms with van der Waals surface area (Å²) in [6.07, 6.45) is 2.83. The molecule has 2 aromatic rings. The Balaban J connectivity index is 2.25. The quantitative estimate of drug-likeness (QED) is 0.459. The number of aromatic nitrogens is 2. The van der Waals surface area contributed by atoms with Crippen LogP contribution in [0.1, 0.15) is 5.56 Å². The average molecular weight is 340 g/mol. The number of hydrogen-bond acceptors (Lipinski definition) is 7. The largest absolute Gasteiger partial charge is 0.465 e. The van der Waals surface area contributed by atoms with E-state index in [-0.39, 0.29) is 16.7 Å². The molecule has 0 saturated carbocycles. The molecule has 25 heavy (non-hydrogen) atoms. The predicted molar refractivity (Wildman–Crippen MR) is 90.1 cm³/mol. The minimum atomic E-state index is -0.798. The first kappa shape index (κ1) is 16.7. The van der Waals surface area contributed by atoms with Crippen LogP contribution < -0.4 is 10.5 Å². The lowest BCUT2D eigenvalue weighted by atomic mass is 10.1. The van der Waals surface area contributed by atoms with Crippen molar-refractivity contribution in [2.45, 2.75) is 0 Å². The Morgan fingerprint density at radius 3 is 2.84 bits per heavy atom. The molecule has 0 unspecified atom stereocenters. The molecule has 0 amide bonds. The number of morpholine rings is 1. The monoisotopic (exact) mass is 340 g/mol. The maximum atomic E-state index is 12.9. The van der Waals surface area contributed by atoms with Crippen LogP contribution in [0.25, 0.3) is 11.7 Å². The number of nitrogens with zero attached hydrogens (tertiary/aromatic N) is 4. The van der Waals surface area contributed by atoms with Gasteiger partial charge in [0.2, 0.25) is 0 Å². The molecule has 0 radical (unpaired) electrons. The predicted octanol–water partition coefficient (Wildman–Crippen LogP) is 0.611. The zero-order chi connectivity index (χ0) is 17.8. The van der Waals surface area contributed by atoms with Crippen molar-refractivity contribution in [1.82, 2.24) is 9.38 Å². The van der Waals surface area contributed by atoms with Crippen LogP contribution >= 0.6 is 0 Å². The fraction of sp³-hybridized carbons (Fsp3) is 0.294. The van der Waals surface area contributed by atoms with E-state index < -0.39 is 5.97 Å². The summed E-state index contributed by atoms with van der Waals surface area (Å²) in [6, 6.07) is 7.00. The van der Waals surface area contributed by atoms with Gasteiger partial charge in [0.05, 0.1) is 25.9 Å². The zero-order valence-corrected chi connectivity index (χ0v) is 13.6. The second-order valence-electron chi connectivity index (χ2n) is 5.34. The minimum absolute atomic E-state index is 0.174. The lowest BCUT2D eigenvalue weighted by molar-refractivity contribution is -0.135. The smallest absolute Gasteiger partial charge is 0.348 e. The van der Waals surface area contributed by atoms with Gasteiger partial charge in [-0.05, 0) is 18.2 Å². The summed E-state index contributed by atoms with van der Waals surface area (Å²) in [5.41, 5.74) is 0.0470. The number of hydrogen-bond donors (Lipinski definition) is 0. The number of ether oxygens (including phenoxy) is 2. The number of fused-ring (bicyclic) bond motifs is 1. The molecular formula is C17H16N4O4. The Kier molecular flexibility index (Phi) is 4.77. The molecule has 1 aliphatic heterocycles. The molecule has 0 atom stereocenters. The summed E-state index contributed by atoms with van der Waals surface area (Å²) in [5.74, 6) is -0.371. The van der Waals surface area contributed by atoms with E-state index in [1.807, 2.05) is 4.90 Å². The van der Waals surface area contributed by atoms with Crippen LogP contribution in [0.3, 0.4) is 0 Å². The number of rotatable bonds is 3. The molecule has 1 aliphatic rings. The molecule has 1 fully saturated rings. The van der Waals surface area contributed by atoms with Crippen molar-refractivity contribution >= 4 is 23.5 Å². The number of anilines is 1. The minimum Gasteiger partial charge on any atom is -0.465 e. The first-order valence-electron chi connectivity index (χ1n) is 7.70. The first-order valence-corrected chi connectivity index (χ1v) is 7.70. The Bertz CT molecular complexity index is 936. The maximum Gasteiger partial charge on any atom is 0.348 e. The van der Waals surface area contributed by atoms with E-state index in [2.05, 4.69) is 9.72 Å². The van der Waals surface area contributed by atoms with Crippen molar-refractivity contribution < 1.29 is 14.3 Å². The van der Waals surface area contributed by atoms with Gasteiger partial charge in [-0.1, -0.05) is 6.07 Å². The Labute approximate surface area is 143 Å². The van der Waals surface area contributed by atoms with Crippen LogP contribution in [0.2, 0.25) is 0 Å². The Morgan fingerprint density at radius 2 is 2.16 bits per heavy atom. The highest BCUT2D eigenvalue weighted by Gasteiger charge is 2.21. The van der Waals surface area contributed by atoms with Gasteiger partial charge in [0.25, 0.3) is 5.56 Å². The average Bonchev–Trinajstić information content (AvgIpc) is 2.67. The van der Waals surface area contributed by atoms with Crippen molar-refractivity contribution in [3.8, 4) is 6.07 Å². The van der Waals surface area contributed by atoms with Crippen LogP contribution in [0, 0.1) is 11.3 Å². The molecule has 128 valence electrons. The van der Waals surface area contributed by atoms with Gasteiger partial charge >= 0.3 is 5.97 Å². The van der Waals surface area contributed by atoms with E-state index in [0.29, 0.717) is 37.8 Å². The summed E-state index contributed by atoms with van der Waals surface area (Å²) >= 11 is 0. The number of carbonyl (C=O) groups excluding carboxylic acids is 1. The molecule has 8 nitrogen and oxygen atoms in total. The number of nitriles is 1. The van der Waals surface area contributed by atoms with Crippen LogP contribution in [-0.4, -0.2) is 48.8 Å². The van der Waals surface area contributed by atoms with Gasteiger partial charge in [-0.2, -0.15) is 5.26 Å². The second-order valence-corrected chi connectivity index (χ2v) is 5.34. The summed E-state index contributed by atoms with van der Waals surface area (Å²) in [7, 11) is 1.18. The highest BCUT2D eigenvalue weighted by Crippen LogP contribution is 2.20. The van der Waals surface area contributed by atoms with Crippen LogP contribution in [-0.2, 0) is 14.3 Å². The highest BCUT2D eigenvalue weighted by molar-refractivity contribution is 5.98. The summed E-state index contributed by atoms with van der Waals surface area (Å²) in [6.45, 7) is 2.16. The van der Waals surface area contributed by atoms with Gasteiger partial charge in [-0.3, -0.25) is 9.20 Å². The van der Waals surface area contributed by atoms with Crippen molar-refractivity contribution in [3.63, 3.8) is 0 Å². The molecule has 0 aliphatic carbocycles. The Morgan fingerprint density at radius 1 is 1.40 bits per heavy atom. The molecule has 0 spiro atoms. The molecule has 1 saturated heterocycles. The summed E-state index contributed by atoms with van der Waals surface area (Å²) in [4.78, 5) is 31.1. The molecule has 2 aromatic heterocycles. The maximum absolute atomic E-state index is 12.9. The SMILES string of the molecule is COC(=O)C(C#N)=Cc1c(N2CCOCC2)nc2ccccn2c1=O. The number of esters is 1. The topological polar surface area (TPSA) is 96.9 Å². The van der Waals surface area contributed by atoms with E-state index in [9.17, 15) is 14.9 Å². The van der Waals surface area contributed by atoms with Crippen molar-refractivity contribution in [1.29, 1.82) is 5.26 Å². The van der Waals surface area contributed by atoms with Crippen molar-refractivity contribution in [3.05, 3.63) is 45.9 Å². The van der Waals surface area contributed by atoms with E-state index in [4.69, 9.17) is 4.74 Å². The number of pyridine rings is 1. The molecule has 0 bridgehead atoms. The first-order chi connectivity index (χ1) is 12.2. The fourth-order valence-corrected chi connectivity index (χ4v) is 2.62. The molecule has 0 aromatic carbocycles. The normalized spacial score (nSPS) is 15.0. The third kappa shape index (κ3) is 3.22. The lowest BCUT2D eigenvalue weighted by Crippen LogP contribution is -2.38. The number of carbonyl (C=O) groups is 1. The van der Waals surface area contributed by atoms with Crippen LogP contribution in [0.15, 0.2) is 34.8 Å². The summed E-state index contributed by atoms with van der Waals surface area (Å²) < 4.78 is 11.3. The highest BCUT2D eigenvalue weighted by atomic mass is 16.5.